The molecule has 4 heterocycles. The highest BCUT2D eigenvalue weighted by Gasteiger charge is 2.30. The van der Waals surface area contributed by atoms with Crippen molar-refractivity contribution in [2.75, 3.05) is 0 Å². The fourth-order valence-electron chi connectivity index (χ4n) is 3.55. The number of hydrogen-bond acceptors (Lipinski definition) is 7. The van der Waals surface area contributed by atoms with Crippen LogP contribution in [0.15, 0.2) is 52.0 Å². The molecule has 1 atom stereocenters. The van der Waals surface area contributed by atoms with Gasteiger partial charge in [0.2, 0.25) is 0 Å². The third-order valence-electron chi connectivity index (χ3n) is 4.87. The van der Waals surface area contributed by atoms with Crippen molar-refractivity contribution in [2.24, 2.45) is 9.98 Å². The van der Waals surface area contributed by atoms with Crippen molar-refractivity contribution in [2.45, 2.75) is 45.8 Å². The van der Waals surface area contributed by atoms with Crippen LogP contribution in [-0.2, 0) is 13.0 Å². The highest BCUT2D eigenvalue weighted by molar-refractivity contribution is 5.84. The number of allylic oxidation sites excluding steroid dienone is 1. The van der Waals surface area contributed by atoms with Crippen LogP contribution < -0.4 is 5.43 Å². The molecule has 4 rings (SSSR count). The van der Waals surface area contributed by atoms with Crippen molar-refractivity contribution in [1.82, 2.24) is 25.0 Å². The Balaban J connectivity index is 1.62. The van der Waals surface area contributed by atoms with Gasteiger partial charge in [0.05, 0.1) is 23.5 Å². The van der Waals surface area contributed by atoms with Gasteiger partial charge in [0.25, 0.3) is 0 Å². The second-order valence-electron chi connectivity index (χ2n) is 6.83. The van der Waals surface area contributed by atoms with Gasteiger partial charge in [-0.2, -0.15) is 5.26 Å². The number of nitrogens with zero attached hydrogens (tertiary/aromatic N) is 7. The quantitative estimate of drug-likeness (QED) is 0.838. The van der Waals surface area contributed by atoms with Gasteiger partial charge in [0, 0.05) is 25.0 Å². The normalized spacial score (nSPS) is 18.0. The average Bonchev–Trinajstić information content (AvgIpc) is 3.30. The van der Waals surface area contributed by atoms with Gasteiger partial charge in [-0.1, -0.05) is 13.3 Å². The number of nitriles is 1. The molecule has 0 aromatic carbocycles. The monoisotopic (exact) mass is 374 g/mol. The minimum Gasteiger partial charge on any atom is -0.329 e. The highest BCUT2D eigenvalue weighted by Crippen LogP contribution is 2.27. The lowest BCUT2D eigenvalue weighted by molar-refractivity contribution is 0.341. The number of amidine groups is 1. The third kappa shape index (κ3) is 3.39. The van der Waals surface area contributed by atoms with Gasteiger partial charge in [-0.05, 0) is 31.1 Å². The number of hydrazine groups is 1. The largest absolute Gasteiger partial charge is 0.329 e. The van der Waals surface area contributed by atoms with E-state index >= 15 is 0 Å². The van der Waals surface area contributed by atoms with Crippen LogP contribution in [0.1, 0.15) is 43.8 Å². The molecule has 1 N–H and O–H groups in total. The summed E-state index contributed by atoms with van der Waals surface area (Å²) in [7, 11) is 0. The molecule has 0 spiro atoms. The topological polar surface area (TPSA) is 94.5 Å². The number of fused-ring (bicyclic) bond motifs is 1. The van der Waals surface area contributed by atoms with E-state index in [1.165, 1.54) is 5.57 Å². The SMILES string of the molecule is CCCC1=C(Cn2ccnc2Cc2ncccc2C#N)N=CN2NC(C)=NC12. The lowest BCUT2D eigenvalue weighted by Gasteiger charge is -2.28. The van der Waals surface area contributed by atoms with Gasteiger partial charge in [0.15, 0.2) is 6.17 Å². The van der Waals surface area contributed by atoms with Crippen molar-refractivity contribution >= 4 is 12.2 Å². The molecule has 2 aromatic heterocycles. The number of rotatable bonds is 6. The molecule has 2 aromatic rings. The zero-order valence-corrected chi connectivity index (χ0v) is 16.0. The van der Waals surface area contributed by atoms with E-state index < -0.39 is 0 Å². The molecule has 0 bridgehead atoms. The van der Waals surface area contributed by atoms with Gasteiger partial charge in [-0.25, -0.2) is 20.0 Å². The summed E-state index contributed by atoms with van der Waals surface area (Å²) in [5, 5.41) is 11.3. The Morgan fingerprint density at radius 1 is 1.29 bits per heavy atom. The molecule has 8 nitrogen and oxygen atoms in total. The Bertz CT molecular complexity index is 1010. The molecule has 8 heteroatoms. The molecule has 0 aliphatic carbocycles. The van der Waals surface area contributed by atoms with Crippen LogP contribution in [0, 0.1) is 11.3 Å². The number of aliphatic imine (C=N–C) groups is 2. The first-order valence-corrected chi connectivity index (χ1v) is 9.39. The first kappa shape index (κ1) is 17.9. The summed E-state index contributed by atoms with van der Waals surface area (Å²) >= 11 is 0. The average molecular weight is 374 g/mol. The lowest BCUT2D eigenvalue weighted by atomic mass is 10.0. The molecular formula is C20H22N8. The molecule has 2 aliphatic heterocycles. The van der Waals surface area contributed by atoms with Gasteiger partial charge in [0.1, 0.15) is 24.1 Å². The molecule has 0 amide bonds. The molecular weight excluding hydrogens is 352 g/mol. The van der Waals surface area contributed by atoms with Gasteiger partial charge >= 0.3 is 0 Å². The van der Waals surface area contributed by atoms with Crippen molar-refractivity contribution in [1.29, 1.82) is 5.26 Å². The van der Waals surface area contributed by atoms with E-state index in [-0.39, 0.29) is 6.17 Å². The minimum atomic E-state index is -0.0274. The maximum atomic E-state index is 9.31. The highest BCUT2D eigenvalue weighted by atomic mass is 15.6. The molecule has 28 heavy (non-hydrogen) atoms. The van der Waals surface area contributed by atoms with E-state index in [1.807, 2.05) is 24.5 Å². The number of nitrogens with one attached hydrogen (secondary N) is 1. The van der Waals surface area contributed by atoms with E-state index in [4.69, 9.17) is 9.98 Å². The Morgan fingerprint density at radius 3 is 3.00 bits per heavy atom. The van der Waals surface area contributed by atoms with E-state index in [9.17, 15) is 5.26 Å². The predicted molar refractivity (Wildman–Crippen MR) is 106 cm³/mol. The minimum absolute atomic E-state index is 0.0274. The molecule has 142 valence electrons. The fraction of sp³-hybridized carbons (Fsp3) is 0.350. The molecule has 2 aliphatic rings. The molecule has 0 saturated heterocycles. The number of aromatic nitrogens is 3. The van der Waals surface area contributed by atoms with Crippen LogP contribution >= 0.6 is 0 Å². The van der Waals surface area contributed by atoms with Crippen LogP contribution in [0.3, 0.4) is 0 Å². The summed E-state index contributed by atoms with van der Waals surface area (Å²) in [5.74, 6) is 1.76. The Kier molecular flexibility index (Phi) is 4.89. The van der Waals surface area contributed by atoms with Crippen molar-refractivity contribution in [3.63, 3.8) is 0 Å². The lowest BCUT2D eigenvalue weighted by Crippen LogP contribution is -2.42. The number of hydrogen-bond donors (Lipinski definition) is 1. The van der Waals surface area contributed by atoms with E-state index in [2.05, 4.69) is 33.0 Å². The predicted octanol–water partition coefficient (Wildman–Crippen LogP) is 2.40. The van der Waals surface area contributed by atoms with Gasteiger partial charge in [-0.3, -0.25) is 10.4 Å². The summed E-state index contributed by atoms with van der Waals surface area (Å²) in [6.45, 7) is 4.75. The van der Waals surface area contributed by atoms with Crippen molar-refractivity contribution in [3.05, 3.63) is 59.1 Å². The van der Waals surface area contributed by atoms with Crippen LogP contribution in [-0.4, -0.2) is 37.9 Å². The molecule has 0 fully saturated rings. The first-order chi connectivity index (χ1) is 13.7. The fourth-order valence-corrected chi connectivity index (χ4v) is 3.55. The summed E-state index contributed by atoms with van der Waals surface area (Å²) in [6.07, 6.45) is 9.69. The zero-order chi connectivity index (χ0) is 19.5. The smallest absolute Gasteiger partial charge is 0.166 e. The maximum absolute atomic E-state index is 9.31. The number of imidazole rings is 1. The van der Waals surface area contributed by atoms with Crippen molar-refractivity contribution < 1.29 is 0 Å². The van der Waals surface area contributed by atoms with Crippen LogP contribution in [0.4, 0.5) is 0 Å². The second kappa shape index (κ2) is 7.64. The third-order valence-corrected chi connectivity index (χ3v) is 4.87. The summed E-state index contributed by atoms with van der Waals surface area (Å²) in [4.78, 5) is 18.3. The van der Waals surface area contributed by atoms with Crippen LogP contribution in [0.5, 0.6) is 0 Å². The molecule has 0 saturated carbocycles. The van der Waals surface area contributed by atoms with E-state index in [0.29, 0.717) is 18.5 Å². The van der Waals surface area contributed by atoms with Crippen LogP contribution in [0.2, 0.25) is 0 Å². The van der Waals surface area contributed by atoms with Gasteiger partial charge < -0.3 is 4.57 Å². The maximum Gasteiger partial charge on any atom is 0.166 e. The van der Waals surface area contributed by atoms with Gasteiger partial charge in [-0.15, -0.1) is 0 Å². The second-order valence-corrected chi connectivity index (χ2v) is 6.83. The summed E-state index contributed by atoms with van der Waals surface area (Å²) in [6, 6.07) is 5.76. The van der Waals surface area contributed by atoms with E-state index in [0.717, 1.165) is 35.9 Å². The summed E-state index contributed by atoms with van der Waals surface area (Å²) in [5.41, 5.74) is 6.78. The summed E-state index contributed by atoms with van der Waals surface area (Å²) < 4.78 is 2.08. The Morgan fingerprint density at radius 2 is 2.18 bits per heavy atom. The molecule has 0 radical (unpaired) electrons. The first-order valence-electron chi connectivity index (χ1n) is 9.39. The van der Waals surface area contributed by atoms with Crippen molar-refractivity contribution in [3.8, 4) is 6.07 Å². The van der Waals surface area contributed by atoms with Crippen LogP contribution in [0.25, 0.3) is 0 Å². The zero-order valence-electron chi connectivity index (χ0n) is 16.0. The Hall–Kier alpha value is -3.47. The Labute approximate surface area is 163 Å². The van der Waals surface area contributed by atoms with E-state index in [1.54, 1.807) is 24.5 Å². The standard InChI is InChI=1S/C20H22N8/c1-3-5-16-18(24-13-28-20(16)25-14(2)26-28)12-27-9-8-23-19(27)10-17-15(11-21)6-4-7-22-17/h4,6-9,13,20H,3,5,10,12H2,1-2H3,(H,25,26). The number of pyridine rings is 1. The molecule has 1 unspecified atom stereocenters.